The van der Waals surface area contributed by atoms with Crippen molar-refractivity contribution in [3.05, 3.63) is 24.0 Å². The third-order valence-electron chi connectivity index (χ3n) is 1.54. The van der Waals surface area contributed by atoms with Gasteiger partial charge in [-0.15, -0.1) is 0 Å². The normalized spacial score (nSPS) is 18.1. The van der Waals surface area contributed by atoms with Gasteiger partial charge in [0.15, 0.2) is 0 Å². The highest BCUT2D eigenvalue weighted by molar-refractivity contribution is 5.13. The summed E-state index contributed by atoms with van der Waals surface area (Å²) in [6, 6.07) is 0. The Bertz CT molecular complexity index is 159. The van der Waals surface area contributed by atoms with Crippen molar-refractivity contribution in [2.75, 3.05) is 13.2 Å². The highest BCUT2D eigenvalue weighted by Crippen LogP contribution is 2.10. The first-order valence-corrected chi connectivity index (χ1v) is 4.04. The molecule has 0 aromatic heterocycles. The third kappa shape index (κ3) is 3.23. The van der Waals surface area contributed by atoms with Gasteiger partial charge in [0.05, 0.1) is 6.61 Å². The molecule has 0 amide bonds. The Morgan fingerprint density at radius 3 is 3.18 bits per heavy atom. The monoisotopic (exact) mass is 154 g/mol. The first-order chi connectivity index (χ1) is 5.43. The van der Waals surface area contributed by atoms with E-state index in [2.05, 4.69) is 6.08 Å². The molecular formula is C9H14O2. The second-order valence-electron chi connectivity index (χ2n) is 2.51. The Morgan fingerprint density at radius 2 is 2.55 bits per heavy atom. The van der Waals surface area contributed by atoms with Gasteiger partial charge < -0.3 is 9.84 Å². The van der Waals surface area contributed by atoms with Gasteiger partial charge in [0.1, 0.15) is 5.76 Å². The zero-order chi connectivity index (χ0) is 7.94. The smallest absolute Gasteiger partial charge is 0.114 e. The van der Waals surface area contributed by atoms with E-state index in [-0.39, 0.29) is 6.61 Å². The third-order valence-corrected chi connectivity index (χ3v) is 1.54. The fourth-order valence-electron chi connectivity index (χ4n) is 0.967. The van der Waals surface area contributed by atoms with Crippen LogP contribution in [-0.2, 0) is 4.74 Å². The molecule has 0 radical (unpaired) electrons. The van der Waals surface area contributed by atoms with Crippen LogP contribution in [-0.4, -0.2) is 18.3 Å². The topological polar surface area (TPSA) is 29.5 Å². The summed E-state index contributed by atoms with van der Waals surface area (Å²) < 4.78 is 5.32. The lowest BCUT2D eigenvalue weighted by atomic mass is 10.2. The van der Waals surface area contributed by atoms with Crippen molar-refractivity contribution in [1.29, 1.82) is 0 Å². The lowest BCUT2D eigenvalue weighted by Gasteiger charge is -2.10. The van der Waals surface area contributed by atoms with Crippen molar-refractivity contribution in [3.8, 4) is 0 Å². The van der Waals surface area contributed by atoms with Crippen molar-refractivity contribution in [3.63, 3.8) is 0 Å². The van der Waals surface area contributed by atoms with E-state index in [4.69, 9.17) is 9.84 Å². The van der Waals surface area contributed by atoms with Crippen molar-refractivity contribution in [1.82, 2.24) is 0 Å². The van der Waals surface area contributed by atoms with E-state index in [9.17, 15) is 0 Å². The molecule has 0 aromatic carbocycles. The highest BCUT2D eigenvalue weighted by Gasteiger charge is 1.98. The molecule has 11 heavy (non-hydrogen) atoms. The second-order valence-corrected chi connectivity index (χ2v) is 2.51. The number of hydrogen-bond acceptors (Lipinski definition) is 2. The molecule has 62 valence electrons. The molecule has 0 bridgehead atoms. The summed E-state index contributed by atoms with van der Waals surface area (Å²) >= 11 is 0. The summed E-state index contributed by atoms with van der Waals surface area (Å²) in [5.41, 5.74) is 0. The van der Waals surface area contributed by atoms with Crippen molar-refractivity contribution >= 4 is 0 Å². The average Bonchev–Trinajstić information content (AvgIpc) is 2.07. The van der Waals surface area contributed by atoms with E-state index < -0.39 is 0 Å². The summed E-state index contributed by atoms with van der Waals surface area (Å²) in [4.78, 5) is 0. The Hall–Kier alpha value is -0.760. The molecule has 1 aliphatic heterocycles. The lowest BCUT2D eigenvalue weighted by molar-refractivity contribution is 0.205. The summed E-state index contributed by atoms with van der Waals surface area (Å²) in [5.74, 6) is 0.949. The first kappa shape index (κ1) is 8.34. The minimum atomic E-state index is 0.212. The van der Waals surface area contributed by atoms with Crippen LogP contribution in [0.2, 0.25) is 0 Å². The number of ether oxygens (including phenoxy) is 1. The first-order valence-electron chi connectivity index (χ1n) is 4.04. The quantitative estimate of drug-likeness (QED) is 0.669. The second kappa shape index (κ2) is 4.97. The number of aliphatic hydroxyl groups is 1. The van der Waals surface area contributed by atoms with Gasteiger partial charge in [-0.05, 0) is 31.4 Å². The molecule has 2 heteroatoms. The average molecular weight is 154 g/mol. The zero-order valence-electron chi connectivity index (χ0n) is 6.62. The molecule has 0 aliphatic carbocycles. The molecule has 0 saturated carbocycles. The van der Waals surface area contributed by atoms with E-state index >= 15 is 0 Å². The van der Waals surface area contributed by atoms with Gasteiger partial charge in [-0.25, -0.2) is 0 Å². The van der Waals surface area contributed by atoms with Crippen LogP contribution in [0.3, 0.4) is 0 Å². The fourth-order valence-corrected chi connectivity index (χ4v) is 0.967. The molecule has 0 spiro atoms. The number of allylic oxidation sites excluding steroid dienone is 2. The molecule has 0 fully saturated rings. The summed E-state index contributed by atoms with van der Waals surface area (Å²) in [6.07, 6.45) is 8.88. The molecule has 1 heterocycles. The van der Waals surface area contributed by atoms with Gasteiger partial charge in [-0.1, -0.05) is 6.08 Å². The van der Waals surface area contributed by atoms with Crippen LogP contribution in [0.15, 0.2) is 24.0 Å². The maximum absolute atomic E-state index is 8.48. The minimum Gasteiger partial charge on any atom is -0.494 e. The Balaban J connectivity index is 2.29. The van der Waals surface area contributed by atoms with Gasteiger partial charge in [-0.3, -0.25) is 0 Å². The van der Waals surface area contributed by atoms with Gasteiger partial charge in [-0.2, -0.15) is 0 Å². The zero-order valence-corrected chi connectivity index (χ0v) is 6.62. The SMILES string of the molecule is OCC/C=C/C1=CCCCO1. The van der Waals surface area contributed by atoms with E-state index in [0.717, 1.165) is 25.2 Å². The van der Waals surface area contributed by atoms with Crippen LogP contribution in [0.5, 0.6) is 0 Å². The van der Waals surface area contributed by atoms with Crippen LogP contribution in [0, 0.1) is 0 Å². The molecule has 0 aromatic rings. The van der Waals surface area contributed by atoms with Crippen molar-refractivity contribution < 1.29 is 9.84 Å². The summed E-state index contributed by atoms with van der Waals surface area (Å²) in [6.45, 7) is 1.04. The van der Waals surface area contributed by atoms with E-state index in [1.165, 1.54) is 0 Å². The standard InChI is InChI=1S/C9H14O2/c10-7-3-1-5-9-6-2-4-8-11-9/h1,5-6,10H,2-4,7-8H2/b5-1+. The van der Waals surface area contributed by atoms with Crippen LogP contribution in [0.25, 0.3) is 0 Å². The maximum atomic E-state index is 8.48. The van der Waals surface area contributed by atoms with E-state index in [0.29, 0.717) is 6.42 Å². The molecule has 2 nitrogen and oxygen atoms in total. The molecule has 0 unspecified atom stereocenters. The number of rotatable bonds is 3. The molecule has 1 N–H and O–H groups in total. The van der Waals surface area contributed by atoms with Crippen LogP contribution >= 0.6 is 0 Å². The maximum Gasteiger partial charge on any atom is 0.114 e. The minimum absolute atomic E-state index is 0.212. The largest absolute Gasteiger partial charge is 0.494 e. The molecule has 1 aliphatic rings. The van der Waals surface area contributed by atoms with Gasteiger partial charge in [0.25, 0.3) is 0 Å². The molecule has 0 atom stereocenters. The van der Waals surface area contributed by atoms with E-state index in [1.807, 2.05) is 12.2 Å². The number of hydrogen-bond donors (Lipinski definition) is 1. The van der Waals surface area contributed by atoms with Crippen molar-refractivity contribution in [2.45, 2.75) is 19.3 Å². The van der Waals surface area contributed by atoms with Crippen LogP contribution < -0.4 is 0 Å². The number of aliphatic hydroxyl groups excluding tert-OH is 1. The van der Waals surface area contributed by atoms with E-state index in [1.54, 1.807) is 0 Å². The molecule has 0 saturated heterocycles. The van der Waals surface area contributed by atoms with Crippen LogP contribution in [0.4, 0.5) is 0 Å². The molecular weight excluding hydrogens is 140 g/mol. The summed E-state index contributed by atoms with van der Waals surface area (Å²) in [7, 11) is 0. The predicted octanol–water partition coefficient (Wildman–Crippen LogP) is 1.62. The highest BCUT2D eigenvalue weighted by atomic mass is 16.5. The van der Waals surface area contributed by atoms with Crippen LogP contribution in [0.1, 0.15) is 19.3 Å². The van der Waals surface area contributed by atoms with Crippen molar-refractivity contribution in [2.24, 2.45) is 0 Å². The fraction of sp³-hybridized carbons (Fsp3) is 0.556. The lowest BCUT2D eigenvalue weighted by Crippen LogP contribution is -1.98. The van der Waals surface area contributed by atoms with Gasteiger partial charge in [0.2, 0.25) is 0 Å². The Labute approximate surface area is 67.2 Å². The Morgan fingerprint density at radius 1 is 1.64 bits per heavy atom. The van der Waals surface area contributed by atoms with Gasteiger partial charge >= 0.3 is 0 Å². The predicted molar refractivity (Wildman–Crippen MR) is 44.1 cm³/mol. The Kier molecular flexibility index (Phi) is 3.76. The summed E-state index contributed by atoms with van der Waals surface area (Å²) in [5, 5.41) is 8.48. The van der Waals surface area contributed by atoms with Gasteiger partial charge in [0, 0.05) is 6.61 Å². The molecule has 1 rings (SSSR count).